The van der Waals surface area contributed by atoms with E-state index in [0.29, 0.717) is 0 Å². The van der Waals surface area contributed by atoms with Gasteiger partial charge in [0.2, 0.25) is 0 Å². The summed E-state index contributed by atoms with van der Waals surface area (Å²) in [6.45, 7) is 1.44. The Morgan fingerprint density at radius 3 is 2.33 bits per heavy atom. The van der Waals surface area contributed by atoms with Gasteiger partial charge in [0.05, 0.1) is 4.92 Å². The molecular formula is C7H5BrClNO4S. The van der Waals surface area contributed by atoms with E-state index in [2.05, 4.69) is 15.9 Å². The van der Waals surface area contributed by atoms with Crippen LogP contribution in [-0.2, 0) is 9.05 Å². The lowest BCUT2D eigenvalue weighted by molar-refractivity contribution is -0.388. The first kappa shape index (κ1) is 12.4. The van der Waals surface area contributed by atoms with Crippen molar-refractivity contribution in [2.24, 2.45) is 0 Å². The summed E-state index contributed by atoms with van der Waals surface area (Å²) in [4.78, 5) is 9.43. The lowest BCUT2D eigenvalue weighted by atomic mass is 10.2. The zero-order valence-corrected chi connectivity index (χ0v) is 10.6. The summed E-state index contributed by atoms with van der Waals surface area (Å²) in [6.07, 6.45) is 0. The first-order chi connectivity index (χ1) is 6.75. The monoisotopic (exact) mass is 313 g/mol. The maximum Gasteiger partial charge on any atom is 0.293 e. The normalized spacial score (nSPS) is 11.4. The van der Waals surface area contributed by atoms with Crippen LogP contribution in [0.1, 0.15) is 5.56 Å². The quantitative estimate of drug-likeness (QED) is 0.477. The molecule has 1 aromatic carbocycles. The zero-order chi connectivity index (χ0) is 11.8. The Kier molecular flexibility index (Phi) is 3.37. The standard InChI is InChI=1S/C7H5BrClNO4S/c1-4-2-3-5(8)7(15(9,13)14)6(4)10(11)12/h2-3H,1H3. The molecule has 0 atom stereocenters. The molecule has 0 aliphatic rings. The minimum absolute atomic E-state index is 0.0785. The van der Waals surface area contributed by atoms with E-state index in [1.54, 1.807) is 0 Å². The number of rotatable bonds is 2. The molecule has 0 amide bonds. The Morgan fingerprint density at radius 1 is 1.47 bits per heavy atom. The van der Waals surface area contributed by atoms with Gasteiger partial charge in [-0.2, -0.15) is 0 Å². The van der Waals surface area contributed by atoms with Crippen LogP contribution in [0, 0.1) is 17.0 Å². The van der Waals surface area contributed by atoms with Gasteiger partial charge in [-0.25, -0.2) is 8.42 Å². The van der Waals surface area contributed by atoms with Crippen LogP contribution >= 0.6 is 26.6 Å². The van der Waals surface area contributed by atoms with E-state index in [1.807, 2.05) is 0 Å². The molecule has 82 valence electrons. The number of nitro benzene ring substituents is 1. The molecule has 0 unspecified atom stereocenters. The molecule has 1 aromatic rings. The number of nitrogens with zero attached hydrogens (tertiary/aromatic N) is 1. The van der Waals surface area contributed by atoms with Crippen molar-refractivity contribution < 1.29 is 13.3 Å². The molecule has 15 heavy (non-hydrogen) atoms. The molecule has 0 N–H and O–H groups in total. The van der Waals surface area contributed by atoms with Crippen molar-refractivity contribution in [1.82, 2.24) is 0 Å². The van der Waals surface area contributed by atoms with Crippen LogP contribution in [-0.4, -0.2) is 13.3 Å². The molecule has 5 nitrogen and oxygen atoms in total. The predicted octanol–water partition coefficient (Wildman–Crippen LogP) is 2.59. The van der Waals surface area contributed by atoms with Gasteiger partial charge >= 0.3 is 0 Å². The van der Waals surface area contributed by atoms with Gasteiger partial charge in [0.1, 0.15) is 0 Å². The molecule has 0 radical (unpaired) electrons. The molecule has 0 aliphatic carbocycles. The molecule has 8 heteroatoms. The molecule has 0 saturated heterocycles. The highest BCUT2D eigenvalue weighted by Gasteiger charge is 2.29. The lowest BCUT2D eigenvalue weighted by Gasteiger charge is -2.04. The summed E-state index contributed by atoms with van der Waals surface area (Å²) in [5.41, 5.74) is -0.262. The zero-order valence-electron chi connectivity index (χ0n) is 7.40. The summed E-state index contributed by atoms with van der Waals surface area (Å²) >= 11 is 2.92. The van der Waals surface area contributed by atoms with E-state index >= 15 is 0 Å². The van der Waals surface area contributed by atoms with Crippen LogP contribution in [0.4, 0.5) is 5.69 Å². The largest absolute Gasteiger partial charge is 0.293 e. The van der Waals surface area contributed by atoms with E-state index in [4.69, 9.17) is 10.7 Å². The molecule has 1 rings (SSSR count). The van der Waals surface area contributed by atoms with Gasteiger partial charge in [-0.1, -0.05) is 6.07 Å². The summed E-state index contributed by atoms with van der Waals surface area (Å²) < 4.78 is 22.4. The fraction of sp³-hybridized carbons (Fsp3) is 0.143. The Morgan fingerprint density at radius 2 is 2.00 bits per heavy atom. The van der Waals surface area contributed by atoms with Crippen LogP contribution in [0.25, 0.3) is 0 Å². The van der Waals surface area contributed by atoms with Crippen LogP contribution < -0.4 is 0 Å². The third kappa shape index (κ3) is 2.47. The molecule has 0 aliphatic heterocycles. The summed E-state index contributed by atoms with van der Waals surface area (Å²) in [5.74, 6) is 0. The first-order valence-electron chi connectivity index (χ1n) is 3.63. The Labute approximate surface area is 98.7 Å². The minimum atomic E-state index is -4.15. The average molecular weight is 315 g/mol. The van der Waals surface area contributed by atoms with Crippen molar-refractivity contribution in [1.29, 1.82) is 0 Å². The van der Waals surface area contributed by atoms with Gasteiger partial charge in [0.25, 0.3) is 14.7 Å². The molecule has 0 fully saturated rings. The smallest absolute Gasteiger partial charge is 0.258 e. The van der Waals surface area contributed by atoms with Crippen molar-refractivity contribution in [2.75, 3.05) is 0 Å². The second-order valence-electron chi connectivity index (χ2n) is 2.74. The molecule has 0 spiro atoms. The predicted molar refractivity (Wildman–Crippen MR) is 58.6 cm³/mol. The minimum Gasteiger partial charge on any atom is -0.258 e. The summed E-state index contributed by atoms with van der Waals surface area (Å²) in [5, 5.41) is 10.7. The summed E-state index contributed by atoms with van der Waals surface area (Å²) in [7, 11) is 0.975. The number of aryl methyl sites for hydroxylation is 1. The number of nitro groups is 1. The van der Waals surface area contributed by atoms with Crippen molar-refractivity contribution >= 4 is 41.4 Å². The van der Waals surface area contributed by atoms with Gasteiger partial charge in [-0.15, -0.1) is 0 Å². The SMILES string of the molecule is Cc1ccc(Br)c(S(=O)(=O)Cl)c1[N+](=O)[O-]. The van der Waals surface area contributed by atoms with Gasteiger partial charge in [0, 0.05) is 20.7 Å². The molecule has 0 saturated carbocycles. The van der Waals surface area contributed by atoms with Gasteiger partial charge in [-0.3, -0.25) is 10.1 Å². The number of hydrogen-bond donors (Lipinski definition) is 0. The molecule has 0 heterocycles. The van der Waals surface area contributed by atoms with Crippen LogP contribution in [0.15, 0.2) is 21.5 Å². The highest BCUT2D eigenvalue weighted by Crippen LogP contribution is 2.35. The van der Waals surface area contributed by atoms with E-state index in [0.717, 1.165) is 0 Å². The van der Waals surface area contributed by atoms with E-state index < -0.39 is 24.6 Å². The summed E-state index contributed by atoms with van der Waals surface area (Å²) in [6, 6.07) is 2.84. The number of benzene rings is 1. The van der Waals surface area contributed by atoms with Crippen molar-refractivity contribution in [3.05, 3.63) is 32.3 Å². The maximum absolute atomic E-state index is 11.2. The van der Waals surface area contributed by atoms with E-state index in [-0.39, 0.29) is 10.0 Å². The number of halogens is 2. The van der Waals surface area contributed by atoms with Crippen molar-refractivity contribution in [2.45, 2.75) is 11.8 Å². The second kappa shape index (κ2) is 4.07. The second-order valence-corrected chi connectivity index (χ2v) is 6.09. The van der Waals surface area contributed by atoms with Crippen LogP contribution in [0.5, 0.6) is 0 Å². The van der Waals surface area contributed by atoms with Gasteiger partial charge in [0.15, 0.2) is 4.90 Å². The average Bonchev–Trinajstić information content (AvgIpc) is 2.05. The van der Waals surface area contributed by atoms with Crippen molar-refractivity contribution in [3.63, 3.8) is 0 Å². The Hall–Kier alpha value is -0.660. The third-order valence-corrected chi connectivity index (χ3v) is 4.00. The molecule has 0 aromatic heterocycles. The number of hydrogen-bond acceptors (Lipinski definition) is 4. The third-order valence-electron chi connectivity index (χ3n) is 1.71. The van der Waals surface area contributed by atoms with E-state index in [1.165, 1.54) is 19.1 Å². The molecule has 0 bridgehead atoms. The fourth-order valence-corrected chi connectivity index (χ4v) is 3.58. The Balaban J connectivity index is 3.76. The topological polar surface area (TPSA) is 77.3 Å². The van der Waals surface area contributed by atoms with E-state index in [9.17, 15) is 18.5 Å². The van der Waals surface area contributed by atoms with Gasteiger partial charge in [-0.05, 0) is 28.9 Å². The van der Waals surface area contributed by atoms with Crippen LogP contribution in [0.3, 0.4) is 0 Å². The highest BCUT2D eigenvalue weighted by molar-refractivity contribution is 9.10. The fourth-order valence-electron chi connectivity index (χ4n) is 1.10. The highest BCUT2D eigenvalue weighted by atomic mass is 79.9. The van der Waals surface area contributed by atoms with Crippen LogP contribution in [0.2, 0.25) is 0 Å². The lowest BCUT2D eigenvalue weighted by Crippen LogP contribution is -2.02. The van der Waals surface area contributed by atoms with Crippen molar-refractivity contribution in [3.8, 4) is 0 Å². The van der Waals surface area contributed by atoms with Gasteiger partial charge < -0.3 is 0 Å². The maximum atomic E-state index is 11.2. The first-order valence-corrected chi connectivity index (χ1v) is 6.73. The Bertz CT molecular complexity index is 528. The molecular weight excluding hydrogens is 310 g/mol.